The largest absolute Gasteiger partial charge is 0.372 e. The molecule has 3 rings (SSSR count). The van der Waals surface area contributed by atoms with E-state index in [-0.39, 0.29) is 10.7 Å². The van der Waals surface area contributed by atoms with Crippen molar-refractivity contribution in [2.45, 2.75) is 32.7 Å². The molecule has 0 unspecified atom stereocenters. The lowest BCUT2D eigenvalue weighted by atomic mass is 10.1. The fourth-order valence-electron chi connectivity index (χ4n) is 3.12. The molecule has 2 aromatic heterocycles. The Bertz CT molecular complexity index is 665. The lowest BCUT2D eigenvalue weighted by molar-refractivity contribution is -0.389. The first-order valence-electron chi connectivity index (χ1n) is 7.64. The number of nitrogens with zero attached hydrogens (tertiary/aromatic N) is 4. The molecule has 1 atom stereocenters. The van der Waals surface area contributed by atoms with Crippen molar-refractivity contribution < 1.29 is 4.92 Å². The Balaban J connectivity index is 1.72. The average Bonchev–Trinajstić information content (AvgIpc) is 3.09. The molecule has 3 heterocycles. The highest BCUT2D eigenvalue weighted by Crippen LogP contribution is 2.28. The molecule has 0 bridgehead atoms. The molecule has 22 heavy (non-hydrogen) atoms. The summed E-state index contributed by atoms with van der Waals surface area (Å²) in [5, 5.41) is 16.3. The molecular weight excluding hydrogens is 302 g/mol. The molecule has 0 saturated carbocycles. The number of aromatic nitrogens is 2. The van der Waals surface area contributed by atoms with Crippen molar-refractivity contribution in [2.24, 2.45) is 5.92 Å². The van der Waals surface area contributed by atoms with E-state index >= 15 is 0 Å². The zero-order valence-corrected chi connectivity index (χ0v) is 13.7. The van der Waals surface area contributed by atoms with E-state index < -0.39 is 0 Å². The summed E-state index contributed by atoms with van der Waals surface area (Å²) in [6, 6.07) is 0.432. The SMILES string of the molecule is CC(C)CN1CCC[C@@H]1CNc1nc2sccn2c1[N+](=O)[O-]. The van der Waals surface area contributed by atoms with Crippen molar-refractivity contribution >= 4 is 27.9 Å². The maximum atomic E-state index is 11.3. The molecule has 120 valence electrons. The van der Waals surface area contributed by atoms with Crippen LogP contribution in [0.5, 0.6) is 0 Å². The molecule has 0 amide bonds. The monoisotopic (exact) mass is 323 g/mol. The van der Waals surface area contributed by atoms with Gasteiger partial charge in [-0.25, -0.2) is 0 Å². The molecule has 0 spiro atoms. The predicted octanol–water partition coefficient (Wildman–Crippen LogP) is 2.84. The van der Waals surface area contributed by atoms with Crippen LogP contribution in [0.3, 0.4) is 0 Å². The molecule has 1 aliphatic rings. The van der Waals surface area contributed by atoms with Crippen molar-refractivity contribution in [3.05, 3.63) is 21.7 Å². The maximum Gasteiger partial charge on any atom is 0.372 e. The Morgan fingerprint density at radius 3 is 3.14 bits per heavy atom. The molecular formula is C14H21N5O2S. The topological polar surface area (TPSA) is 75.7 Å². The van der Waals surface area contributed by atoms with Crippen LogP contribution in [0.25, 0.3) is 4.96 Å². The van der Waals surface area contributed by atoms with E-state index in [9.17, 15) is 10.1 Å². The number of thiazole rings is 1. The lowest BCUT2D eigenvalue weighted by Crippen LogP contribution is -2.37. The van der Waals surface area contributed by atoms with E-state index in [1.54, 1.807) is 11.6 Å². The number of hydrogen-bond donors (Lipinski definition) is 1. The first-order chi connectivity index (χ1) is 10.6. The molecule has 0 radical (unpaired) electrons. The number of hydrogen-bond acceptors (Lipinski definition) is 6. The third kappa shape index (κ3) is 2.93. The van der Waals surface area contributed by atoms with Crippen LogP contribution in [0, 0.1) is 16.0 Å². The third-order valence-electron chi connectivity index (χ3n) is 4.01. The van der Waals surface area contributed by atoms with Gasteiger partial charge in [0.05, 0.1) is 0 Å². The van der Waals surface area contributed by atoms with Crippen molar-refractivity contribution in [1.82, 2.24) is 14.3 Å². The summed E-state index contributed by atoms with van der Waals surface area (Å²) in [6.07, 6.45) is 4.02. The fraction of sp³-hybridized carbons (Fsp3) is 0.643. The van der Waals surface area contributed by atoms with Crippen molar-refractivity contribution in [3.63, 3.8) is 0 Å². The van der Waals surface area contributed by atoms with Crippen LogP contribution in [0.2, 0.25) is 0 Å². The normalized spacial score (nSPS) is 19.3. The summed E-state index contributed by atoms with van der Waals surface area (Å²) >= 11 is 1.40. The highest BCUT2D eigenvalue weighted by molar-refractivity contribution is 7.15. The Hall–Kier alpha value is -1.67. The Morgan fingerprint density at radius 1 is 1.59 bits per heavy atom. The van der Waals surface area contributed by atoms with Gasteiger partial charge in [-0.3, -0.25) is 4.90 Å². The summed E-state index contributed by atoms with van der Waals surface area (Å²) < 4.78 is 1.54. The van der Waals surface area contributed by atoms with Gasteiger partial charge in [0.25, 0.3) is 4.96 Å². The molecule has 7 nitrogen and oxygen atoms in total. The molecule has 1 saturated heterocycles. The van der Waals surface area contributed by atoms with Gasteiger partial charge in [0.2, 0.25) is 5.82 Å². The second kappa shape index (κ2) is 6.21. The molecule has 8 heteroatoms. The number of nitro groups is 1. The summed E-state index contributed by atoms with van der Waals surface area (Å²) in [6.45, 7) is 7.34. The van der Waals surface area contributed by atoms with Crippen LogP contribution in [0.4, 0.5) is 11.6 Å². The van der Waals surface area contributed by atoms with Gasteiger partial charge in [0.1, 0.15) is 6.20 Å². The summed E-state index contributed by atoms with van der Waals surface area (Å²) in [4.78, 5) is 18.4. The molecule has 1 fully saturated rings. The number of likely N-dealkylation sites (tertiary alicyclic amines) is 1. The highest BCUT2D eigenvalue weighted by Gasteiger charge is 2.28. The van der Waals surface area contributed by atoms with Crippen LogP contribution in [-0.4, -0.2) is 44.9 Å². The van der Waals surface area contributed by atoms with E-state index in [0.717, 1.165) is 19.5 Å². The van der Waals surface area contributed by atoms with Gasteiger partial charge >= 0.3 is 5.82 Å². The van der Waals surface area contributed by atoms with Crippen LogP contribution in [-0.2, 0) is 0 Å². The fourth-order valence-corrected chi connectivity index (χ4v) is 3.83. The van der Waals surface area contributed by atoms with E-state index in [1.165, 1.54) is 22.2 Å². The molecule has 1 N–H and O–H groups in total. The zero-order valence-electron chi connectivity index (χ0n) is 12.9. The van der Waals surface area contributed by atoms with E-state index in [4.69, 9.17) is 0 Å². The van der Waals surface area contributed by atoms with Gasteiger partial charge in [-0.1, -0.05) is 25.2 Å². The number of anilines is 1. The lowest BCUT2D eigenvalue weighted by Gasteiger charge is -2.26. The van der Waals surface area contributed by atoms with Crippen molar-refractivity contribution in [3.8, 4) is 0 Å². The van der Waals surface area contributed by atoms with Crippen LogP contribution in [0.15, 0.2) is 11.6 Å². The van der Waals surface area contributed by atoms with Gasteiger partial charge in [0, 0.05) is 24.5 Å². The van der Waals surface area contributed by atoms with Gasteiger partial charge < -0.3 is 15.4 Å². The number of nitrogens with one attached hydrogen (secondary N) is 1. The minimum Gasteiger partial charge on any atom is -0.361 e. The highest BCUT2D eigenvalue weighted by atomic mass is 32.1. The third-order valence-corrected chi connectivity index (χ3v) is 4.77. The standard InChI is InChI=1S/C14H21N5O2S/c1-10(2)9-17-5-3-4-11(17)8-15-12-13(19(20)21)18-6-7-22-14(18)16-12/h6-7,10-11,15H,3-5,8-9H2,1-2H3/t11-/m1/s1. The average molecular weight is 323 g/mol. The number of rotatable bonds is 6. The van der Waals surface area contributed by atoms with E-state index in [0.29, 0.717) is 29.3 Å². The predicted molar refractivity (Wildman–Crippen MR) is 87.6 cm³/mol. The number of fused-ring (bicyclic) bond motifs is 1. The van der Waals surface area contributed by atoms with Gasteiger partial charge in [-0.15, -0.1) is 0 Å². The smallest absolute Gasteiger partial charge is 0.361 e. The van der Waals surface area contributed by atoms with Gasteiger partial charge in [-0.05, 0) is 30.2 Å². The Kier molecular flexibility index (Phi) is 4.30. The summed E-state index contributed by atoms with van der Waals surface area (Å²) in [5.41, 5.74) is 0. The Labute approximate surface area is 133 Å². The van der Waals surface area contributed by atoms with Gasteiger partial charge in [0.15, 0.2) is 0 Å². The molecule has 1 aliphatic heterocycles. The summed E-state index contributed by atoms with van der Waals surface area (Å²) in [5.74, 6) is 1.05. The molecule has 0 aromatic carbocycles. The zero-order chi connectivity index (χ0) is 15.7. The first-order valence-corrected chi connectivity index (χ1v) is 8.52. The summed E-state index contributed by atoms with van der Waals surface area (Å²) in [7, 11) is 0. The molecule has 2 aromatic rings. The van der Waals surface area contributed by atoms with Crippen molar-refractivity contribution in [2.75, 3.05) is 25.0 Å². The quantitative estimate of drug-likeness (QED) is 0.653. The second-order valence-electron chi connectivity index (χ2n) is 6.16. The van der Waals surface area contributed by atoms with Gasteiger partial charge in [-0.2, -0.15) is 9.38 Å². The van der Waals surface area contributed by atoms with Crippen LogP contribution < -0.4 is 5.32 Å². The van der Waals surface area contributed by atoms with E-state index in [2.05, 4.69) is 29.0 Å². The minimum atomic E-state index is -0.365. The first kappa shape index (κ1) is 15.2. The molecule has 0 aliphatic carbocycles. The van der Waals surface area contributed by atoms with Crippen LogP contribution in [0.1, 0.15) is 26.7 Å². The van der Waals surface area contributed by atoms with Crippen LogP contribution >= 0.6 is 11.3 Å². The van der Waals surface area contributed by atoms with Crippen molar-refractivity contribution in [1.29, 1.82) is 0 Å². The maximum absolute atomic E-state index is 11.3. The number of imidazole rings is 1. The second-order valence-corrected chi connectivity index (χ2v) is 7.04. The Morgan fingerprint density at radius 2 is 2.41 bits per heavy atom. The van der Waals surface area contributed by atoms with E-state index in [1.807, 2.05) is 0 Å². The minimum absolute atomic E-state index is 0.0321.